The van der Waals surface area contributed by atoms with Crippen molar-refractivity contribution in [3.8, 4) is 6.07 Å². The van der Waals surface area contributed by atoms with Crippen LogP contribution in [0.5, 0.6) is 0 Å². The maximum atomic E-state index is 12.7. The first-order valence-corrected chi connectivity index (χ1v) is 5.67. The van der Waals surface area contributed by atoms with E-state index >= 15 is 0 Å². The van der Waals surface area contributed by atoms with E-state index in [-0.39, 0.29) is 17.2 Å². The van der Waals surface area contributed by atoms with Gasteiger partial charge in [-0.05, 0) is 12.1 Å². The van der Waals surface area contributed by atoms with E-state index in [0.29, 0.717) is 6.07 Å². The molecule has 0 amide bonds. The van der Waals surface area contributed by atoms with E-state index < -0.39 is 28.6 Å². The number of nitriles is 1. The third-order valence-corrected chi connectivity index (χ3v) is 2.70. The Bertz CT molecular complexity index is 546. The number of nitrogens with zero attached hydrogens (tertiary/aromatic N) is 1. The van der Waals surface area contributed by atoms with Crippen LogP contribution in [0, 0.1) is 11.3 Å². The highest BCUT2D eigenvalue weighted by Crippen LogP contribution is 2.34. The molecule has 0 aliphatic carbocycles. The third-order valence-electron chi connectivity index (χ3n) is 2.19. The lowest BCUT2D eigenvalue weighted by atomic mass is 9.94. The Morgan fingerprint density at radius 1 is 1.44 bits per heavy atom. The lowest BCUT2D eigenvalue weighted by Crippen LogP contribution is -2.15. The number of carbonyl (C=O) groups is 2. The molecule has 0 saturated heterocycles. The van der Waals surface area contributed by atoms with E-state index in [2.05, 4.69) is 15.9 Å². The van der Waals surface area contributed by atoms with Crippen LogP contribution in [0.2, 0.25) is 0 Å². The largest absolute Gasteiger partial charge is 0.417 e. The first-order chi connectivity index (χ1) is 8.36. The molecule has 0 aromatic heterocycles. The lowest BCUT2D eigenvalue weighted by Gasteiger charge is -2.13. The molecule has 1 aromatic carbocycles. The maximum absolute atomic E-state index is 12.7. The van der Waals surface area contributed by atoms with Crippen LogP contribution in [-0.4, -0.2) is 17.4 Å². The van der Waals surface area contributed by atoms with Gasteiger partial charge in [-0.2, -0.15) is 18.4 Å². The summed E-state index contributed by atoms with van der Waals surface area (Å²) in [5.41, 5.74) is -2.78. The molecule has 1 rings (SSSR count). The van der Waals surface area contributed by atoms with E-state index in [9.17, 15) is 22.8 Å². The van der Waals surface area contributed by atoms with Crippen molar-refractivity contribution in [3.63, 3.8) is 0 Å². The summed E-state index contributed by atoms with van der Waals surface area (Å²) in [5, 5.41) is 8.49. The van der Waals surface area contributed by atoms with E-state index in [1.807, 2.05) is 0 Å². The van der Waals surface area contributed by atoms with Gasteiger partial charge in [0.1, 0.15) is 0 Å². The van der Waals surface area contributed by atoms with Crippen molar-refractivity contribution in [2.45, 2.75) is 6.18 Å². The molecule has 18 heavy (non-hydrogen) atoms. The monoisotopic (exact) mass is 319 g/mol. The second kappa shape index (κ2) is 5.31. The summed E-state index contributed by atoms with van der Waals surface area (Å²) < 4.78 is 38.0. The fourth-order valence-electron chi connectivity index (χ4n) is 1.45. The number of benzene rings is 1. The van der Waals surface area contributed by atoms with Crippen molar-refractivity contribution < 1.29 is 22.8 Å². The van der Waals surface area contributed by atoms with Gasteiger partial charge in [-0.15, -0.1) is 0 Å². The lowest BCUT2D eigenvalue weighted by molar-refractivity contribution is -0.137. The molecule has 3 nitrogen and oxygen atoms in total. The van der Waals surface area contributed by atoms with Crippen LogP contribution in [0.25, 0.3) is 0 Å². The number of hydrogen-bond acceptors (Lipinski definition) is 3. The number of hydrogen-bond donors (Lipinski definition) is 0. The molecule has 94 valence electrons. The zero-order valence-corrected chi connectivity index (χ0v) is 10.3. The second-order valence-electron chi connectivity index (χ2n) is 3.23. The Morgan fingerprint density at radius 2 is 2.06 bits per heavy atom. The molecule has 0 N–H and O–H groups in total. The van der Waals surface area contributed by atoms with Crippen LogP contribution in [0.15, 0.2) is 12.1 Å². The van der Waals surface area contributed by atoms with Gasteiger partial charge in [0.2, 0.25) is 0 Å². The normalized spacial score (nSPS) is 10.8. The molecule has 0 spiro atoms. The van der Waals surface area contributed by atoms with Crippen molar-refractivity contribution in [3.05, 3.63) is 34.4 Å². The smallest absolute Gasteiger partial charge is 0.298 e. The van der Waals surface area contributed by atoms with Crippen molar-refractivity contribution in [1.29, 1.82) is 5.26 Å². The summed E-state index contributed by atoms with van der Waals surface area (Å²) in [5.74, 6) is -0.750. The zero-order chi connectivity index (χ0) is 13.9. The molecule has 0 unspecified atom stereocenters. The van der Waals surface area contributed by atoms with Gasteiger partial charge in [0.25, 0.3) is 0 Å². The standard InChI is InChI=1S/C11H5BrF3NO2/c12-3-9(18)10-6(4-16)1-2-8(7(10)5-17)11(13,14)15/h1-2,5H,3H2. The van der Waals surface area contributed by atoms with Gasteiger partial charge in [-0.3, -0.25) is 9.59 Å². The van der Waals surface area contributed by atoms with Gasteiger partial charge in [0.15, 0.2) is 12.1 Å². The summed E-state index contributed by atoms with van der Waals surface area (Å²) in [6, 6.07) is 3.10. The van der Waals surface area contributed by atoms with Crippen molar-refractivity contribution in [2.24, 2.45) is 0 Å². The molecule has 0 aliphatic rings. The zero-order valence-electron chi connectivity index (χ0n) is 8.71. The van der Waals surface area contributed by atoms with E-state index in [4.69, 9.17) is 5.26 Å². The van der Waals surface area contributed by atoms with Gasteiger partial charge >= 0.3 is 6.18 Å². The van der Waals surface area contributed by atoms with Gasteiger partial charge < -0.3 is 0 Å². The number of carbonyl (C=O) groups excluding carboxylic acids is 2. The van der Waals surface area contributed by atoms with Gasteiger partial charge in [-0.25, -0.2) is 0 Å². The van der Waals surface area contributed by atoms with Crippen molar-refractivity contribution >= 4 is 28.0 Å². The molecular formula is C11H5BrF3NO2. The number of rotatable bonds is 3. The fraction of sp³-hybridized carbons (Fsp3) is 0.182. The molecule has 7 heteroatoms. The minimum Gasteiger partial charge on any atom is -0.298 e. The average Bonchev–Trinajstić information content (AvgIpc) is 2.34. The topological polar surface area (TPSA) is 57.9 Å². The molecule has 0 heterocycles. The second-order valence-corrected chi connectivity index (χ2v) is 3.79. The minimum atomic E-state index is -4.76. The number of Topliss-reactive ketones (excluding diaryl/α,β-unsaturated/α-hetero) is 1. The number of halogens is 4. The molecule has 0 saturated carbocycles. The fourth-order valence-corrected chi connectivity index (χ4v) is 1.73. The van der Waals surface area contributed by atoms with E-state index in [0.717, 1.165) is 6.07 Å². The van der Waals surface area contributed by atoms with Crippen LogP contribution in [0.3, 0.4) is 0 Å². The van der Waals surface area contributed by atoms with E-state index in [1.165, 1.54) is 0 Å². The number of alkyl halides is 4. The highest BCUT2D eigenvalue weighted by molar-refractivity contribution is 9.09. The average molecular weight is 320 g/mol. The number of ketones is 1. The van der Waals surface area contributed by atoms with E-state index in [1.54, 1.807) is 6.07 Å². The Labute approximate surface area is 108 Å². The van der Waals surface area contributed by atoms with Crippen LogP contribution < -0.4 is 0 Å². The quantitative estimate of drug-likeness (QED) is 0.489. The molecule has 0 fully saturated rings. The van der Waals surface area contributed by atoms with Crippen molar-refractivity contribution in [2.75, 3.05) is 5.33 Å². The molecular weight excluding hydrogens is 315 g/mol. The molecule has 0 radical (unpaired) electrons. The van der Waals surface area contributed by atoms with Crippen molar-refractivity contribution in [1.82, 2.24) is 0 Å². The Hall–Kier alpha value is -1.68. The van der Waals surface area contributed by atoms with Crippen LogP contribution in [0.4, 0.5) is 13.2 Å². The number of aldehydes is 1. The Balaban J connectivity index is 3.70. The molecule has 0 bridgehead atoms. The first-order valence-electron chi connectivity index (χ1n) is 4.55. The van der Waals surface area contributed by atoms with Crippen LogP contribution in [-0.2, 0) is 6.18 Å². The first kappa shape index (κ1) is 14.4. The van der Waals surface area contributed by atoms with Crippen LogP contribution >= 0.6 is 15.9 Å². The maximum Gasteiger partial charge on any atom is 0.417 e. The van der Waals surface area contributed by atoms with Gasteiger partial charge in [0, 0.05) is 11.1 Å². The minimum absolute atomic E-state index is 0.0560. The van der Waals surface area contributed by atoms with Crippen LogP contribution in [0.1, 0.15) is 31.8 Å². The van der Waals surface area contributed by atoms with Gasteiger partial charge in [0.05, 0.1) is 22.5 Å². The predicted octanol–water partition coefficient (Wildman–Crippen LogP) is 2.97. The summed E-state index contributed by atoms with van der Waals surface area (Å²) in [7, 11) is 0. The molecule has 0 atom stereocenters. The Kier molecular flexibility index (Phi) is 4.24. The summed E-state index contributed by atoms with van der Waals surface area (Å²) >= 11 is 2.80. The third kappa shape index (κ3) is 2.59. The summed E-state index contributed by atoms with van der Waals surface area (Å²) in [6.45, 7) is 0. The highest BCUT2D eigenvalue weighted by Gasteiger charge is 2.35. The summed E-state index contributed by atoms with van der Waals surface area (Å²) in [4.78, 5) is 22.3. The van der Waals surface area contributed by atoms with Gasteiger partial charge in [-0.1, -0.05) is 15.9 Å². The molecule has 1 aromatic rings. The summed E-state index contributed by atoms with van der Waals surface area (Å²) in [6.07, 6.45) is -4.81. The SMILES string of the molecule is N#Cc1ccc(C(F)(F)F)c(C=O)c1C(=O)CBr. The predicted molar refractivity (Wildman–Crippen MR) is 59.7 cm³/mol. The Morgan fingerprint density at radius 3 is 2.44 bits per heavy atom. The highest BCUT2D eigenvalue weighted by atomic mass is 79.9. The molecule has 0 aliphatic heterocycles.